The smallest absolute Gasteiger partial charge is 0.272 e. The number of piperazine rings is 1. The number of amides is 3. The first-order valence-corrected chi connectivity index (χ1v) is 13.8. The van der Waals surface area contributed by atoms with Gasteiger partial charge in [0.1, 0.15) is 17.4 Å². The molecule has 3 amide bonds. The largest absolute Gasteiger partial charge is 0.397 e. The van der Waals surface area contributed by atoms with Gasteiger partial charge in [-0.3, -0.25) is 24.4 Å². The average molecular weight is 552 g/mol. The summed E-state index contributed by atoms with van der Waals surface area (Å²) in [4.78, 5) is 55.9. The zero-order valence-electron chi connectivity index (χ0n) is 23.3. The standard InChI is InChI=1S/C31H33N7O3/c1-31(2,3)27(36-28(39)26-12-18-6-4-5-7-24(18)35-26)30(41)38-17-21-13-22(38)16-37(21)29(40)25-10-8-19(14-33-25)23-11-9-20(32)15-34-23/h4-12,14-15,21-22,27,35H,13,16-17,32H2,1-3H3,(H,36,39)/t21-,22-,27+/m0/s1. The van der Waals surface area contributed by atoms with Crippen LogP contribution >= 0.6 is 0 Å². The molecule has 2 bridgehead atoms. The molecular weight excluding hydrogens is 518 g/mol. The van der Waals surface area contributed by atoms with Crippen molar-refractivity contribution in [1.29, 1.82) is 0 Å². The van der Waals surface area contributed by atoms with Crippen molar-refractivity contribution in [3.8, 4) is 11.3 Å². The highest BCUT2D eigenvalue weighted by Gasteiger charge is 2.50. The van der Waals surface area contributed by atoms with Gasteiger partial charge in [-0.15, -0.1) is 0 Å². The van der Waals surface area contributed by atoms with Crippen LogP contribution in [0, 0.1) is 5.41 Å². The molecule has 0 aliphatic carbocycles. The summed E-state index contributed by atoms with van der Waals surface area (Å²) in [5.41, 5.74) is 8.94. The Kier molecular flexibility index (Phi) is 6.48. The lowest BCUT2D eigenvalue weighted by molar-refractivity contribution is -0.138. The van der Waals surface area contributed by atoms with Crippen LogP contribution in [0.1, 0.15) is 48.2 Å². The van der Waals surface area contributed by atoms with Crippen molar-refractivity contribution in [2.45, 2.75) is 45.3 Å². The molecule has 41 heavy (non-hydrogen) atoms. The Balaban J connectivity index is 1.12. The van der Waals surface area contributed by atoms with Crippen LogP contribution in [0.25, 0.3) is 22.2 Å². The summed E-state index contributed by atoms with van der Waals surface area (Å²) in [6.45, 7) is 6.70. The Morgan fingerprint density at radius 2 is 1.73 bits per heavy atom. The Hall–Kier alpha value is -4.73. The van der Waals surface area contributed by atoms with Gasteiger partial charge in [0.05, 0.1) is 29.7 Å². The summed E-state index contributed by atoms with van der Waals surface area (Å²) in [5, 5.41) is 3.92. The van der Waals surface area contributed by atoms with E-state index in [9.17, 15) is 14.4 Å². The highest BCUT2D eigenvalue weighted by molar-refractivity contribution is 6.00. The quantitative estimate of drug-likeness (QED) is 0.347. The van der Waals surface area contributed by atoms with Crippen molar-refractivity contribution in [3.63, 3.8) is 0 Å². The average Bonchev–Trinajstić information content (AvgIpc) is 3.69. The van der Waals surface area contributed by atoms with Crippen molar-refractivity contribution < 1.29 is 14.4 Å². The molecule has 2 saturated heterocycles. The molecule has 3 atom stereocenters. The number of para-hydroxylation sites is 1. The molecule has 2 aliphatic heterocycles. The fourth-order valence-corrected chi connectivity index (χ4v) is 5.80. The molecular formula is C31H33N7O3. The third-order valence-corrected chi connectivity index (χ3v) is 8.01. The van der Waals surface area contributed by atoms with E-state index in [1.807, 2.05) is 67.0 Å². The summed E-state index contributed by atoms with van der Waals surface area (Å²) in [6, 6.07) is 15.7. The van der Waals surface area contributed by atoms with E-state index in [1.165, 1.54) is 0 Å². The number of nitrogens with zero attached hydrogens (tertiary/aromatic N) is 4. The lowest BCUT2D eigenvalue weighted by Gasteiger charge is -2.39. The van der Waals surface area contributed by atoms with Gasteiger partial charge in [-0.1, -0.05) is 39.0 Å². The maximum absolute atomic E-state index is 13.8. The van der Waals surface area contributed by atoms with Crippen LogP contribution in [0.4, 0.5) is 5.69 Å². The first kappa shape index (κ1) is 26.5. The summed E-state index contributed by atoms with van der Waals surface area (Å²) in [5.74, 6) is -0.597. The van der Waals surface area contributed by atoms with Crippen molar-refractivity contribution >= 4 is 34.3 Å². The maximum atomic E-state index is 13.8. The van der Waals surface area contributed by atoms with Gasteiger partial charge >= 0.3 is 0 Å². The van der Waals surface area contributed by atoms with E-state index in [-0.39, 0.29) is 29.8 Å². The van der Waals surface area contributed by atoms with Crippen LogP contribution in [0.5, 0.6) is 0 Å². The number of nitrogens with two attached hydrogens (primary N) is 1. The molecule has 210 valence electrons. The minimum Gasteiger partial charge on any atom is -0.397 e. The number of pyridine rings is 2. The van der Waals surface area contributed by atoms with Crippen LogP contribution in [0.2, 0.25) is 0 Å². The van der Waals surface area contributed by atoms with Crippen molar-refractivity contribution in [1.82, 2.24) is 30.1 Å². The lowest BCUT2D eigenvalue weighted by atomic mass is 9.85. The predicted molar refractivity (Wildman–Crippen MR) is 156 cm³/mol. The molecule has 2 aliphatic rings. The van der Waals surface area contributed by atoms with Crippen LogP contribution in [-0.4, -0.2) is 73.7 Å². The van der Waals surface area contributed by atoms with Gasteiger partial charge in [0, 0.05) is 35.8 Å². The van der Waals surface area contributed by atoms with Crippen LogP contribution in [-0.2, 0) is 4.79 Å². The molecule has 10 nitrogen and oxygen atoms in total. The molecule has 0 unspecified atom stereocenters. The third-order valence-electron chi connectivity index (χ3n) is 8.01. The Bertz CT molecular complexity index is 1590. The van der Waals surface area contributed by atoms with Gasteiger partial charge in [0.2, 0.25) is 5.91 Å². The Labute approximate surface area is 238 Å². The fourth-order valence-electron chi connectivity index (χ4n) is 5.80. The highest BCUT2D eigenvalue weighted by Crippen LogP contribution is 2.34. The van der Waals surface area contributed by atoms with Crippen molar-refractivity contribution in [2.24, 2.45) is 5.41 Å². The maximum Gasteiger partial charge on any atom is 0.272 e. The highest BCUT2D eigenvalue weighted by atomic mass is 16.2. The summed E-state index contributed by atoms with van der Waals surface area (Å²) >= 11 is 0. The summed E-state index contributed by atoms with van der Waals surface area (Å²) in [7, 11) is 0. The molecule has 0 spiro atoms. The number of benzene rings is 1. The van der Waals surface area contributed by atoms with Gasteiger partial charge in [-0.2, -0.15) is 0 Å². The topological polar surface area (TPSA) is 137 Å². The number of rotatable bonds is 5. The van der Waals surface area contributed by atoms with Gasteiger partial charge in [0.25, 0.3) is 11.8 Å². The molecule has 4 N–H and O–H groups in total. The normalized spacial score (nSPS) is 19.0. The zero-order valence-corrected chi connectivity index (χ0v) is 23.3. The summed E-state index contributed by atoms with van der Waals surface area (Å²) < 4.78 is 0. The monoisotopic (exact) mass is 551 g/mol. The molecule has 1 aromatic carbocycles. The third kappa shape index (κ3) is 5.01. The SMILES string of the molecule is CC(C)(C)[C@H](NC(=O)c1cc2ccccc2[nH]1)C(=O)N1C[C@@H]2C[C@H]1CN2C(=O)c1ccc(-c2ccc(N)cn2)cn1. The number of fused-ring (bicyclic) bond motifs is 3. The first-order valence-electron chi connectivity index (χ1n) is 13.8. The van der Waals surface area contributed by atoms with E-state index in [1.54, 1.807) is 30.6 Å². The second kappa shape index (κ2) is 10.0. The molecule has 2 fully saturated rings. The van der Waals surface area contributed by atoms with Crippen LogP contribution in [0.3, 0.4) is 0 Å². The van der Waals surface area contributed by atoms with Gasteiger partial charge < -0.3 is 25.8 Å². The second-order valence-corrected chi connectivity index (χ2v) is 11.9. The molecule has 3 aromatic heterocycles. The number of hydrogen-bond acceptors (Lipinski definition) is 6. The molecule has 10 heteroatoms. The molecule has 0 saturated carbocycles. The molecule has 5 heterocycles. The fraction of sp³-hybridized carbons (Fsp3) is 0.323. The molecule has 6 rings (SSSR count). The van der Waals surface area contributed by atoms with Crippen LogP contribution < -0.4 is 11.1 Å². The number of nitrogens with one attached hydrogen (secondary N) is 2. The number of anilines is 1. The van der Waals surface area contributed by atoms with E-state index in [0.29, 0.717) is 36.6 Å². The second-order valence-electron chi connectivity index (χ2n) is 11.9. The number of hydrogen-bond donors (Lipinski definition) is 3. The number of H-pyrrole nitrogens is 1. The molecule has 4 aromatic rings. The van der Waals surface area contributed by atoms with Crippen molar-refractivity contribution in [2.75, 3.05) is 18.8 Å². The van der Waals surface area contributed by atoms with Gasteiger partial charge in [0.15, 0.2) is 0 Å². The van der Waals surface area contributed by atoms with E-state index in [4.69, 9.17) is 5.73 Å². The van der Waals surface area contributed by atoms with Gasteiger partial charge in [-0.25, -0.2) is 0 Å². The van der Waals surface area contributed by atoms with Crippen molar-refractivity contribution in [3.05, 3.63) is 78.4 Å². The molecule has 0 radical (unpaired) electrons. The first-order chi connectivity index (χ1) is 19.6. The number of likely N-dealkylation sites (tertiary alicyclic amines) is 2. The number of carbonyl (C=O) groups is 3. The van der Waals surface area contributed by atoms with E-state index >= 15 is 0 Å². The minimum absolute atomic E-state index is 0.0956. The van der Waals surface area contributed by atoms with Crippen LogP contribution in [0.15, 0.2) is 67.0 Å². The van der Waals surface area contributed by atoms with E-state index in [2.05, 4.69) is 20.3 Å². The lowest BCUT2D eigenvalue weighted by Crippen LogP contribution is -2.59. The Morgan fingerprint density at radius 3 is 2.37 bits per heavy atom. The zero-order chi connectivity index (χ0) is 28.9. The number of aromatic nitrogens is 3. The number of nitrogen functional groups attached to an aromatic ring is 1. The van der Waals surface area contributed by atoms with E-state index < -0.39 is 11.5 Å². The predicted octanol–water partition coefficient (Wildman–Crippen LogP) is 3.48. The number of carbonyl (C=O) groups excluding carboxylic acids is 3. The Morgan fingerprint density at radius 1 is 0.976 bits per heavy atom. The summed E-state index contributed by atoms with van der Waals surface area (Å²) in [6.07, 6.45) is 3.93. The minimum atomic E-state index is -0.721. The number of aromatic amines is 1. The van der Waals surface area contributed by atoms with E-state index in [0.717, 1.165) is 22.2 Å². The van der Waals surface area contributed by atoms with Gasteiger partial charge in [-0.05, 0) is 48.2 Å².